The Balaban J connectivity index is 2.92. The summed E-state index contributed by atoms with van der Waals surface area (Å²) in [6, 6.07) is 5.75. The minimum Gasteiger partial charge on any atom is -0.224 e. The Kier molecular flexibility index (Phi) is 5.92. The van der Waals surface area contributed by atoms with Crippen LogP contribution in [0.3, 0.4) is 0 Å². The van der Waals surface area contributed by atoms with Gasteiger partial charge in [-0.3, -0.25) is 0 Å². The Bertz CT molecular complexity index is 663. The highest BCUT2D eigenvalue weighted by atomic mass is 32.2. The number of hydrogen-bond acceptors (Lipinski definition) is 4. The van der Waals surface area contributed by atoms with Crippen molar-refractivity contribution in [1.82, 2.24) is 9.03 Å². The minimum absolute atomic E-state index is 0.213. The number of sulfone groups is 1. The predicted octanol–water partition coefficient (Wildman–Crippen LogP) is 1.33. The summed E-state index contributed by atoms with van der Waals surface area (Å²) in [6.07, 6.45) is 1.13. The third-order valence-corrected chi connectivity index (χ3v) is 6.16. The van der Waals surface area contributed by atoms with Crippen LogP contribution in [0.5, 0.6) is 0 Å². The molecule has 6 nitrogen and oxygen atoms in total. The Hall–Kier alpha value is -0.960. The number of rotatable bonds is 7. The van der Waals surface area contributed by atoms with E-state index in [1.165, 1.54) is 16.4 Å². The summed E-state index contributed by atoms with van der Waals surface area (Å²) in [6.45, 7) is 6.05. The van der Waals surface area contributed by atoms with Gasteiger partial charge in [0.25, 0.3) is 10.2 Å². The van der Waals surface area contributed by atoms with Crippen molar-refractivity contribution >= 4 is 20.0 Å². The van der Waals surface area contributed by atoms with Crippen molar-refractivity contribution in [1.29, 1.82) is 0 Å². The Morgan fingerprint density at radius 1 is 1.05 bits per heavy atom. The molecule has 0 saturated carbocycles. The van der Waals surface area contributed by atoms with Crippen LogP contribution < -0.4 is 4.72 Å². The lowest BCUT2D eigenvalue weighted by Crippen LogP contribution is -2.41. The fourth-order valence-electron chi connectivity index (χ4n) is 1.93. The van der Waals surface area contributed by atoms with E-state index in [9.17, 15) is 16.8 Å². The fraction of sp³-hybridized carbons (Fsp3) is 0.538. The van der Waals surface area contributed by atoms with Crippen LogP contribution in [0.25, 0.3) is 0 Å². The summed E-state index contributed by atoms with van der Waals surface area (Å²) in [5, 5.41) is 0. The molecule has 1 N–H and O–H groups in total. The zero-order chi connectivity index (χ0) is 16.3. The van der Waals surface area contributed by atoms with E-state index in [2.05, 4.69) is 4.72 Å². The first-order valence-electron chi connectivity index (χ1n) is 6.69. The van der Waals surface area contributed by atoms with E-state index in [1.54, 1.807) is 32.9 Å². The normalized spacial score (nSPS) is 14.3. The molecule has 1 unspecified atom stereocenters. The van der Waals surface area contributed by atoms with E-state index in [-0.39, 0.29) is 4.90 Å². The van der Waals surface area contributed by atoms with Gasteiger partial charge in [0.1, 0.15) is 0 Å². The van der Waals surface area contributed by atoms with Crippen LogP contribution >= 0.6 is 0 Å². The summed E-state index contributed by atoms with van der Waals surface area (Å²) < 4.78 is 50.9. The third kappa shape index (κ3) is 4.77. The Labute approximate surface area is 127 Å². The highest BCUT2D eigenvalue weighted by Crippen LogP contribution is 2.17. The van der Waals surface area contributed by atoms with Crippen LogP contribution in [0.2, 0.25) is 0 Å². The van der Waals surface area contributed by atoms with Gasteiger partial charge in [0.2, 0.25) is 0 Å². The molecule has 0 fully saturated rings. The molecule has 120 valence electrons. The molecule has 0 aromatic heterocycles. The standard InChI is InChI=1S/C13H22N2O4S2/c1-5-15(6-2)21(18,19)14-11(3)12-7-9-13(10-8-12)20(4,16)17/h7-11,14H,5-6H2,1-4H3. The summed E-state index contributed by atoms with van der Waals surface area (Å²) >= 11 is 0. The lowest BCUT2D eigenvalue weighted by molar-refractivity contribution is 0.429. The first-order chi connectivity index (χ1) is 9.61. The van der Waals surface area contributed by atoms with Gasteiger partial charge in [-0.1, -0.05) is 26.0 Å². The summed E-state index contributed by atoms with van der Waals surface area (Å²) in [5.74, 6) is 0. The van der Waals surface area contributed by atoms with E-state index >= 15 is 0 Å². The maximum Gasteiger partial charge on any atom is 0.279 e. The monoisotopic (exact) mass is 334 g/mol. The molecule has 8 heteroatoms. The highest BCUT2D eigenvalue weighted by molar-refractivity contribution is 7.90. The maximum atomic E-state index is 12.1. The molecule has 0 aliphatic rings. The van der Waals surface area contributed by atoms with Gasteiger partial charge in [0.15, 0.2) is 9.84 Å². The zero-order valence-corrected chi connectivity index (χ0v) is 14.3. The van der Waals surface area contributed by atoms with Crippen LogP contribution in [0.15, 0.2) is 29.2 Å². The summed E-state index contributed by atoms with van der Waals surface area (Å²) in [4.78, 5) is 0.213. The van der Waals surface area contributed by atoms with Gasteiger partial charge in [-0.2, -0.15) is 17.4 Å². The van der Waals surface area contributed by atoms with E-state index < -0.39 is 26.1 Å². The molecule has 1 aromatic rings. The fourth-order valence-corrected chi connectivity index (χ4v) is 3.98. The largest absolute Gasteiger partial charge is 0.279 e. The molecule has 21 heavy (non-hydrogen) atoms. The Morgan fingerprint density at radius 2 is 1.52 bits per heavy atom. The lowest BCUT2D eigenvalue weighted by Gasteiger charge is -2.22. The molecule has 0 bridgehead atoms. The summed E-state index contributed by atoms with van der Waals surface area (Å²) in [5.41, 5.74) is 0.707. The molecule has 1 rings (SSSR count). The van der Waals surface area contributed by atoms with Crippen LogP contribution in [0.4, 0.5) is 0 Å². The van der Waals surface area contributed by atoms with Crippen molar-refractivity contribution in [2.45, 2.75) is 31.7 Å². The smallest absolute Gasteiger partial charge is 0.224 e. The average molecular weight is 334 g/mol. The Morgan fingerprint density at radius 3 is 1.90 bits per heavy atom. The van der Waals surface area contributed by atoms with E-state index in [0.29, 0.717) is 18.7 Å². The molecule has 0 spiro atoms. The first kappa shape index (κ1) is 18.1. The van der Waals surface area contributed by atoms with E-state index in [1.807, 2.05) is 0 Å². The van der Waals surface area contributed by atoms with Crippen LogP contribution in [-0.2, 0) is 20.0 Å². The van der Waals surface area contributed by atoms with Crippen molar-refractivity contribution in [3.05, 3.63) is 29.8 Å². The second kappa shape index (κ2) is 6.87. The van der Waals surface area contributed by atoms with Crippen molar-refractivity contribution in [3.63, 3.8) is 0 Å². The quantitative estimate of drug-likeness (QED) is 0.815. The average Bonchev–Trinajstić information content (AvgIpc) is 2.38. The maximum absolute atomic E-state index is 12.1. The molecular formula is C13H22N2O4S2. The van der Waals surface area contributed by atoms with Crippen LogP contribution in [-0.4, -0.2) is 40.5 Å². The SMILES string of the molecule is CCN(CC)S(=O)(=O)NC(C)c1ccc(S(C)(=O)=O)cc1. The van der Waals surface area contributed by atoms with Crippen molar-refractivity contribution in [3.8, 4) is 0 Å². The highest BCUT2D eigenvalue weighted by Gasteiger charge is 2.21. The first-order valence-corrected chi connectivity index (χ1v) is 10.0. The second-order valence-corrected chi connectivity index (χ2v) is 8.49. The molecule has 0 heterocycles. The van der Waals surface area contributed by atoms with Gasteiger partial charge in [0.05, 0.1) is 4.90 Å². The molecule has 0 aliphatic heterocycles. The van der Waals surface area contributed by atoms with Gasteiger partial charge in [-0.05, 0) is 24.6 Å². The molecule has 0 amide bonds. The third-order valence-electron chi connectivity index (χ3n) is 3.18. The van der Waals surface area contributed by atoms with Crippen molar-refractivity contribution in [2.24, 2.45) is 0 Å². The van der Waals surface area contributed by atoms with Crippen molar-refractivity contribution in [2.75, 3.05) is 19.3 Å². The molecule has 0 saturated heterocycles. The molecule has 1 aromatic carbocycles. The van der Waals surface area contributed by atoms with Gasteiger partial charge in [-0.15, -0.1) is 0 Å². The van der Waals surface area contributed by atoms with Gasteiger partial charge >= 0.3 is 0 Å². The topological polar surface area (TPSA) is 83.6 Å². The lowest BCUT2D eigenvalue weighted by atomic mass is 10.1. The van der Waals surface area contributed by atoms with Crippen molar-refractivity contribution < 1.29 is 16.8 Å². The van der Waals surface area contributed by atoms with Crippen LogP contribution in [0, 0.1) is 0 Å². The molecule has 0 radical (unpaired) electrons. The number of benzene rings is 1. The number of hydrogen-bond donors (Lipinski definition) is 1. The minimum atomic E-state index is -3.54. The molecule has 0 aliphatic carbocycles. The summed E-state index contributed by atoms with van der Waals surface area (Å²) in [7, 11) is -6.79. The molecular weight excluding hydrogens is 312 g/mol. The van der Waals surface area contributed by atoms with Gasteiger partial charge < -0.3 is 0 Å². The predicted molar refractivity (Wildman–Crippen MR) is 82.9 cm³/mol. The van der Waals surface area contributed by atoms with Crippen LogP contribution in [0.1, 0.15) is 32.4 Å². The molecule has 1 atom stereocenters. The number of nitrogens with one attached hydrogen (secondary N) is 1. The number of nitrogens with zero attached hydrogens (tertiary/aromatic N) is 1. The van der Waals surface area contributed by atoms with E-state index in [0.717, 1.165) is 6.26 Å². The van der Waals surface area contributed by atoms with Gasteiger partial charge in [-0.25, -0.2) is 8.42 Å². The van der Waals surface area contributed by atoms with E-state index in [4.69, 9.17) is 0 Å². The second-order valence-electron chi connectivity index (χ2n) is 4.77. The zero-order valence-electron chi connectivity index (χ0n) is 12.7. The van der Waals surface area contributed by atoms with Gasteiger partial charge in [0, 0.05) is 25.4 Å².